The average molecular weight is 456 g/mol. The molecule has 0 aliphatic carbocycles. The van der Waals surface area contributed by atoms with Crippen molar-refractivity contribution in [1.29, 1.82) is 0 Å². The fourth-order valence-corrected chi connectivity index (χ4v) is 4.06. The maximum atomic E-state index is 13.3. The number of carbonyl (C=O) groups excluding carboxylic acids is 1. The molecular weight excluding hydrogens is 431 g/mol. The van der Waals surface area contributed by atoms with Crippen LogP contribution in [0.5, 0.6) is 5.75 Å². The highest BCUT2D eigenvalue weighted by Gasteiger charge is 2.31. The van der Waals surface area contributed by atoms with Crippen LogP contribution in [0.1, 0.15) is 36.1 Å². The molecule has 0 aliphatic heterocycles. The molecule has 11 heteroatoms. The van der Waals surface area contributed by atoms with E-state index in [0.717, 1.165) is 17.0 Å². The first-order chi connectivity index (χ1) is 14.4. The smallest absolute Gasteiger partial charge is 0.406 e. The van der Waals surface area contributed by atoms with Crippen LogP contribution in [-0.2, 0) is 0 Å². The summed E-state index contributed by atoms with van der Waals surface area (Å²) in [5, 5.41) is 4.83. The van der Waals surface area contributed by atoms with Gasteiger partial charge in [-0.15, -0.1) is 13.2 Å². The largest absolute Gasteiger partial charge is 0.573 e. The number of fused-ring (bicyclic) bond motifs is 1. The van der Waals surface area contributed by atoms with Gasteiger partial charge in [0.1, 0.15) is 5.75 Å². The number of carbonyl (C=O) groups is 1. The molecule has 0 fully saturated rings. The SMILES string of the molecule is Cc1cc(C(=O)N(CCN(C)C)c2nc3ccc(OC(F)(F)F)cc3s2)nn1C(C)C. The number of ether oxygens (including phenoxy) is 1. The van der Waals surface area contributed by atoms with Crippen molar-refractivity contribution in [3.05, 3.63) is 35.7 Å². The van der Waals surface area contributed by atoms with E-state index in [9.17, 15) is 18.0 Å². The Kier molecular flexibility index (Phi) is 6.56. The fraction of sp³-hybridized carbons (Fsp3) is 0.450. The van der Waals surface area contributed by atoms with E-state index in [1.165, 1.54) is 23.1 Å². The van der Waals surface area contributed by atoms with E-state index in [0.29, 0.717) is 34.1 Å². The first-order valence-electron chi connectivity index (χ1n) is 9.63. The molecule has 0 spiro atoms. The van der Waals surface area contributed by atoms with Crippen LogP contribution in [0.25, 0.3) is 10.2 Å². The summed E-state index contributed by atoms with van der Waals surface area (Å²) in [6.07, 6.45) is -4.78. The molecule has 0 radical (unpaired) electrons. The highest BCUT2D eigenvalue weighted by atomic mass is 32.1. The number of benzene rings is 1. The van der Waals surface area contributed by atoms with Crippen LogP contribution in [0.15, 0.2) is 24.3 Å². The minimum atomic E-state index is -4.78. The average Bonchev–Trinajstić information content (AvgIpc) is 3.23. The zero-order chi connectivity index (χ0) is 22.9. The second kappa shape index (κ2) is 8.83. The number of alkyl halides is 3. The normalized spacial score (nSPS) is 12.2. The molecule has 3 aromatic rings. The van der Waals surface area contributed by atoms with E-state index >= 15 is 0 Å². The predicted octanol–water partition coefficient (Wildman–Crippen LogP) is 4.49. The number of nitrogens with zero attached hydrogens (tertiary/aromatic N) is 5. The first kappa shape index (κ1) is 23.0. The van der Waals surface area contributed by atoms with Crippen molar-refractivity contribution >= 4 is 32.6 Å². The van der Waals surface area contributed by atoms with Gasteiger partial charge < -0.3 is 9.64 Å². The molecule has 1 amide bonds. The summed E-state index contributed by atoms with van der Waals surface area (Å²) in [4.78, 5) is 21.2. The van der Waals surface area contributed by atoms with Crippen LogP contribution in [0, 0.1) is 6.92 Å². The summed E-state index contributed by atoms with van der Waals surface area (Å²) in [6, 6.07) is 5.76. The van der Waals surface area contributed by atoms with Gasteiger partial charge in [-0.05, 0) is 53.1 Å². The summed E-state index contributed by atoms with van der Waals surface area (Å²) in [5.74, 6) is -0.636. The maximum absolute atomic E-state index is 13.3. The van der Waals surface area contributed by atoms with Gasteiger partial charge >= 0.3 is 6.36 Å². The molecule has 0 N–H and O–H groups in total. The lowest BCUT2D eigenvalue weighted by molar-refractivity contribution is -0.274. The van der Waals surface area contributed by atoms with Crippen LogP contribution >= 0.6 is 11.3 Å². The maximum Gasteiger partial charge on any atom is 0.573 e. The zero-order valence-corrected chi connectivity index (χ0v) is 18.7. The molecule has 0 atom stereocenters. The topological polar surface area (TPSA) is 63.5 Å². The summed E-state index contributed by atoms with van der Waals surface area (Å²) in [7, 11) is 3.78. The van der Waals surface area contributed by atoms with Crippen molar-refractivity contribution in [2.75, 3.05) is 32.1 Å². The molecular formula is C20H24F3N5O2S. The van der Waals surface area contributed by atoms with Gasteiger partial charge in [-0.3, -0.25) is 14.4 Å². The standard InChI is InChI=1S/C20H24F3N5O2S/c1-12(2)28-13(3)10-16(25-28)18(29)27(9-8-26(4)5)19-24-15-7-6-14(11-17(15)31-19)30-20(21,22)23/h6-7,10-12H,8-9H2,1-5H3. The monoisotopic (exact) mass is 455 g/mol. The van der Waals surface area contributed by atoms with Crippen LogP contribution in [0.2, 0.25) is 0 Å². The quantitative estimate of drug-likeness (QED) is 0.525. The number of hydrogen-bond donors (Lipinski definition) is 0. The number of hydrogen-bond acceptors (Lipinski definition) is 6. The minimum absolute atomic E-state index is 0.103. The van der Waals surface area contributed by atoms with Gasteiger partial charge in [0.15, 0.2) is 10.8 Å². The number of likely N-dealkylation sites (N-methyl/N-ethyl adjacent to an activating group) is 1. The molecule has 0 aliphatic rings. The van der Waals surface area contributed by atoms with Crippen molar-refractivity contribution in [3.8, 4) is 5.75 Å². The second-order valence-electron chi connectivity index (χ2n) is 7.64. The van der Waals surface area contributed by atoms with Crippen molar-refractivity contribution in [1.82, 2.24) is 19.7 Å². The Morgan fingerprint density at radius 2 is 1.94 bits per heavy atom. The molecule has 0 bridgehead atoms. The van der Waals surface area contributed by atoms with E-state index in [1.807, 2.05) is 39.8 Å². The molecule has 2 aromatic heterocycles. The van der Waals surface area contributed by atoms with Crippen molar-refractivity contribution in [3.63, 3.8) is 0 Å². The molecule has 0 unspecified atom stereocenters. The number of rotatable bonds is 7. The Balaban J connectivity index is 1.96. The van der Waals surface area contributed by atoms with Crippen LogP contribution in [0.3, 0.4) is 0 Å². The summed E-state index contributed by atoms with van der Waals surface area (Å²) in [5.41, 5.74) is 1.65. The lowest BCUT2D eigenvalue weighted by atomic mass is 10.3. The van der Waals surface area contributed by atoms with Gasteiger partial charge in [0.25, 0.3) is 5.91 Å². The molecule has 0 saturated carbocycles. The molecule has 1 aromatic carbocycles. The highest BCUT2D eigenvalue weighted by molar-refractivity contribution is 7.22. The van der Waals surface area contributed by atoms with Crippen LogP contribution in [-0.4, -0.2) is 59.1 Å². The molecule has 2 heterocycles. The number of aryl methyl sites for hydroxylation is 1. The Bertz CT molecular complexity index is 1070. The van der Waals surface area contributed by atoms with Gasteiger partial charge in [-0.25, -0.2) is 4.98 Å². The van der Waals surface area contributed by atoms with Crippen molar-refractivity contribution < 1.29 is 22.7 Å². The molecule has 31 heavy (non-hydrogen) atoms. The number of anilines is 1. The lowest BCUT2D eigenvalue weighted by Gasteiger charge is -2.21. The Labute approximate surface area is 182 Å². The van der Waals surface area contributed by atoms with Crippen LogP contribution < -0.4 is 9.64 Å². The fourth-order valence-electron chi connectivity index (χ4n) is 3.04. The van der Waals surface area contributed by atoms with Crippen LogP contribution in [0.4, 0.5) is 18.3 Å². The minimum Gasteiger partial charge on any atom is -0.406 e. The molecule has 0 saturated heterocycles. The van der Waals surface area contributed by atoms with E-state index in [-0.39, 0.29) is 17.7 Å². The van der Waals surface area contributed by atoms with Gasteiger partial charge in [-0.1, -0.05) is 11.3 Å². The van der Waals surface area contributed by atoms with Gasteiger partial charge in [0, 0.05) is 30.9 Å². The van der Waals surface area contributed by atoms with E-state index in [2.05, 4.69) is 14.8 Å². The number of amides is 1. The summed E-state index contributed by atoms with van der Waals surface area (Å²) >= 11 is 1.13. The second-order valence-corrected chi connectivity index (χ2v) is 8.65. The van der Waals surface area contributed by atoms with E-state index < -0.39 is 6.36 Å². The van der Waals surface area contributed by atoms with E-state index in [4.69, 9.17) is 0 Å². The number of halogens is 3. The Hall–Kier alpha value is -2.66. The lowest BCUT2D eigenvalue weighted by Crippen LogP contribution is -2.37. The Morgan fingerprint density at radius 1 is 1.23 bits per heavy atom. The zero-order valence-electron chi connectivity index (χ0n) is 17.9. The summed E-state index contributed by atoms with van der Waals surface area (Å²) in [6.45, 7) is 6.77. The Morgan fingerprint density at radius 3 is 2.52 bits per heavy atom. The third kappa shape index (κ3) is 5.53. The number of thiazole rings is 1. The highest BCUT2D eigenvalue weighted by Crippen LogP contribution is 2.33. The number of aromatic nitrogens is 3. The predicted molar refractivity (Wildman–Crippen MR) is 114 cm³/mol. The van der Waals surface area contributed by atoms with Gasteiger partial charge in [-0.2, -0.15) is 5.10 Å². The first-order valence-corrected chi connectivity index (χ1v) is 10.5. The summed E-state index contributed by atoms with van der Waals surface area (Å²) < 4.78 is 43.9. The van der Waals surface area contributed by atoms with E-state index in [1.54, 1.807) is 10.7 Å². The van der Waals surface area contributed by atoms with Crippen molar-refractivity contribution in [2.24, 2.45) is 0 Å². The molecule has 7 nitrogen and oxygen atoms in total. The molecule has 3 rings (SSSR count). The third-order valence-electron chi connectivity index (χ3n) is 4.46. The molecule has 168 valence electrons. The van der Waals surface area contributed by atoms with Gasteiger partial charge in [0.2, 0.25) is 0 Å². The van der Waals surface area contributed by atoms with Gasteiger partial charge in [0.05, 0.1) is 10.2 Å². The van der Waals surface area contributed by atoms with Crippen molar-refractivity contribution in [2.45, 2.75) is 33.2 Å². The third-order valence-corrected chi connectivity index (χ3v) is 5.50.